The van der Waals surface area contributed by atoms with E-state index in [2.05, 4.69) is 43.4 Å². The van der Waals surface area contributed by atoms with Crippen LogP contribution in [0.15, 0.2) is 23.4 Å². The van der Waals surface area contributed by atoms with Crippen molar-refractivity contribution in [2.75, 3.05) is 6.54 Å². The molecule has 2 bridgehead atoms. The molecule has 0 radical (unpaired) electrons. The Hall–Kier alpha value is -1.55. The summed E-state index contributed by atoms with van der Waals surface area (Å²) in [4.78, 5) is 0. The number of benzene rings is 1. The molecule has 1 heterocycles. The highest BCUT2D eigenvalue weighted by Crippen LogP contribution is 2.53. The van der Waals surface area contributed by atoms with Gasteiger partial charge in [0.25, 0.3) is 0 Å². The molecule has 4 nitrogen and oxygen atoms in total. The Morgan fingerprint density at radius 3 is 2.85 bits per heavy atom. The molecule has 0 amide bonds. The fourth-order valence-electron chi connectivity index (χ4n) is 4.01. The van der Waals surface area contributed by atoms with Crippen LogP contribution < -0.4 is 11.1 Å². The Kier molecular flexibility index (Phi) is 2.83. The summed E-state index contributed by atoms with van der Waals surface area (Å²) in [6, 6.07) is 6.71. The number of piperidine rings is 1. The molecule has 1 fully saturated rings. The maximum absolute atomic E-state index is 8.84. The maximum Gasteiger partial charge on any atom is 0.170 e. The number of hydrogen-bond acceptors (Lipinski definition) is 3. The highest BCUT2D eigenvalue weighted by atomic mass is 16.4. The largest absolute Gasteiger partial charge is 0.409 e. The van der Waals surface area contributed by atoms with Crippen molar-refractivity contribution in [2.24, 2.45) is 16.3 Å². The first-order valence-electron chi connectivity index (χ1n) is 7.25. The molecule has 3 rings (SSSR count). The molecule has 2 aliphatic rings. The second-order valence-corrected chi connectivity index (χ2v) is 6.87. The van der Waals surface area contributed by atoms with Crippen LogP contribution >= 0.6 is 0 Å². The van der Waals surface area contributed by atoms with Crippen LogP contribution in [0.3, 0.4) is 0 Å². The summed E-state index contributed by atoms with van der Waals surface area (Å²) in [5.41, 5.74) is 9.68. The predicted octanol–water partition coefficient (Wildman–Crippen LogP) is 1.98. The van der Waals surface area contributed by atoms with Gasteiger partial charge in [0.05, 0.1) is 0 Å². The lowest BCUT2D eigenvalue weighted by molar-refractivity contribution is 0.0559. The van der Waals surface area contributed by atoms with E-state index in [0.717, 1.165) is 24.9 Å². The zero-order chi connectivity index (χ0) is 14.5. The average Bonchev–Trinajstić information content (AvgIpc) is 2.41. The molecule has 108 valence electrons. The Balaban J connectivity index is 2.15. The van der Waals surface area contributed by atoms with Crippen molar-refractivity contribution in [3.63, 3.8) is 0 Å². The number of nitrogens with two attached hydrogens (primary N) is 1. The van der Waals surface area contributed by atoms with Gasteiger partial charge >= 0.3 is 0 Å². The number of oxime groups is 1. The second-order valence-electron chi connectivity index (χ2n) is 6.87. The lowest BCUT2D eigenvalue weighted by atomic mass is 9.51. The fourth-order valence-corrected chi connectivity index (χ4v) is 4.01. The summed E-state index contributed by atoms with van der Waals surface area (Å²) in [5, 5.41) is 15.6. The Bertz CT molecular complexity index is 579. The van der Waals surface area contributed by atoms with Gasteiger partial charge in [0.1, 0.15) is 0 Å². The molecule has 0 aromatic heterocycles. The zero-order valence-corrected chi connectivity index (χ0v) is 12.4. The van der Waals surface area contributed by atoms with Gasteiger partial charge in [-0.3, -0.25) is 0 Å². The number of fused-ring (bicyclic) bond motifs is 4. The van der Waals surface area contributed by atoms with Gasteiger partial charge in [-0.2, -0.15) is 0 Å². The van der Waals surface area contributed by atoms with Crippen LogP contribution in [0.1, 0.15) is 43.9 Å². The molecule has 0 saturated carbocycles. The van der Waals surface area contributed by atoms with Crippen molar-refractivity contribution in [2.45, 2.75) is 45.1 Å². The van der Waals surface area contributed by atoms with Gasteiger partial charge in [-0.15, -0.1) is 0 Å². The van der Waals surface area contributed by atoms with E-state index in [9.17, 15) is 0 Å². The second kappa shape index (κ2) is 4.22. The first-order chi connectivity index (χ1) is 9.40. The van der Waals surface area contributed by atoms with E-state index in [1.165, 1.54) is 11.1 Å². The van der Waals surface area contributed by atoms with Gasteiger partial charge in [0.2, 0.25) is 0 Å². The van der Waals surface area contributed by atoms with E-state index in [1.807, 2.05) is 6.07 Å². The van der Waals surface area contributed by atoms with E-state index < -0.39 is 0 Å². The van der Waals surface area contributed by atoms with Crippen molar-refractivity contribution in [1.29, 1.82) is 0 Å². The molecule has 4 heteroatoms. The molecular weight excluding hydrogens is 250 g/mol. The molecule has 2 unspecified atom stereocenters. The van der Waals surface area contributed by atoms with Gasteiger partial charge in [-0.05, 0) is 42.0 Å². The molecule has 1 aliphatic heterocycles. The number of rotatable bonds is 1. The van der Waals surface area contributed by atoms with Gasteiger partial charge in [-0.25, -0.2) is 0 Å². The SMILES string of the molecule is CC12CCNC(Cc3cc(C(N)=NO)ccc31)C2(C)C. The van der Waals surface area contributed by atoms with Crippen LogP contribution in [0.25, 0.3) is 0 Å². The summed E-state index contributed by atoms with van der Waals surface area (Å²) >= 11 is 0. The molecule has 0 spiro atoms. The summed E-state index contributed by atoms with van der Waals surface area (Å²) in [6.07, 6.45) is 2.15. The van der Waals surface area contributed by atoms with E-state index in [4.69, 9.17) is 10.9 Å². The van der Waals surface area contributed by atoms with Gasteiger partial charge < -0.3 is 16.3 Å². The first-order valence-corrected chi connectivity index (χ1v) is 7.25. The third-order valence-corrected chi connectivity index (χ3v) is 5.84. The smallest absolute Gasteiger partial charge is 0.170 e. The van der Waals surface area contributed by atoms with E-state index in [1.54, 1.807) is 0 Å². The molecule has 1 aromatic carbocycles. The summed E-state index contributed by atoms with van der Waals surface area (Å²) in [6.45, 7) is 8.18. The van der Waals surface area contributed by atoms with Crippen LogP contribution in [-0.2, 0) is 11.8 Å². The molecule has 4 N–H and O–H groups in total. The Morgan fingerprint density at radius 1 is 1.40 bits per heavy atom. The Labute approximate surface area is 120 Å². The van der Waals surface area contributed by atoms with Crippen LogP contribution in [0.4, 0.5) is 0 Å². The summed E-state index contributed by atoms with van der Waals surface area (Å²) < 4.78 is 0. The lowest BCUT2D eigenvalue weighted by Crippen LogP contribution is -2.62. The van der Waals surface area contributed by atoms with E-state index >= 15 is 0 Å². The number of hydrogen-bond donors (Lipinski definition) is 3. The van der Waals surface area contributed by atoms with Crippen LogP contribution in [0.5, 0.6) is 0 Å². The number of amidine groups is 1. The van der Waals surface area contributed by atoms with Crippen molar-refractivity contribution in [1.82, 2.24) is 5.32 Å². The molecular formula is C16H23N3O. The van der Waals surface area contributed by atoms with Crippen molar-refractivity contribution in [3.8, 4) is 0 Å². The monoisotopic (exact) mass is 273 g/mol. The minimum absolute atomic E-state index is 0.181. The summed E-state index contributed by atoms with van der Waals surface area (Å²) in [7, 11) is 0. The minimum Gasteiger partial charge on any atom is -0.409 e. The fraction of sp³-hybridized carbons (Fsp3) is 0.562. The topological polar surface area (TPSA) is 70.6 Å². The van der Waals surface area contributed by atoms with E-state index in [0.29, 0.717) is 6.04 Å². The lowest BCUT2D eigenvalue weighted by Gasteiger charge is -2.57. The van der Waals surface area contributed by atoms with Gasteiger partial charge in [0.15, 0.2) is 5.84 Å². The predicted molar refractivity (Wildman–Crippen MR) is 80.2 cm³/mol. The van der Waals surface area contributed by atoms with Gasteiger partial charge in [-0.1, -0.05) is 38.1 Å². The van der Waals surface area contributed by atoms with Crippen molar-refractivity contribution in [3.05, 3.63) is 34.9 Å². The number of nitrogens with one attached hydrogen (secondary N) is 1. The quantitative estimate of drug-likeness (QED) is 0.317. The maximum atomic E-state index is 8.84. The molecule has 20 heavy (non-hydrogen) atoms. The zero-order valence-electron chi connectivity index (χ0n) is 12.4. The third kappa shape index (κ3) is 1.61. The summed E-state index contributed by atoms with van der Waals surface area (Å²) in [5.74, 6) is 0.181. The Morgan fingerprint density at radius 2 is 2.15 bits per heavy atom. The standard InChI is InChI=1S/C16H23N3O/c1-15(2)13-9-11-8-10(14(17)19-20)4-5-12(11)16(15,3)6-7-18-13/h4-5,8,13,18,20H,6-7,9H2,1-3H3,(H2,17,19). The first kappa shape index (κ1) is 13.4. The minimum atomic E-state index is 0.181. The highest BCUT2D eigenvalue weighted by molar-refractivity contribution is 5.97. The van der Waals surface area contributed by atoms with Crippen molar-refractivity contribution < 1.29 is 5.21 Å². The molecule has 1 saturated heterocycles. The van der Waals surface area contributed by atoms with Crippen molar-refractivity contribution >= 4 is 5.84 Å². The highest BCUT2D eigenvalue weighted by Gasteiger charge is 2.53. The number of nitrogens with zero attached hydrogens (tertiary/aromatic N) is 1. The molecule has 1 aliphatic carbocycles. The van der Waals surface area contributed by atoms with E-state index in [-0.39, 0.29) is 16.7 Å². The average molecular weight is 273 g/mol. The molecule has 2 atom stereocenters. The normalized spacial score (nSPS) is 31.8. The van der Waals surface area contributed by atoms with Gasteiger partial charge in [0, 0.05) is 17.0 Å². The molecule has 1 aromatic rings. The third-order valence-electron chi connectivity index (χ3n) is 5.84. The van der Waals surface area contributed by atoms with Crippen LogP contribution in [0, 0.1) is 5.41 Å². The van der Waals surface area contributed by atoms with Crippen LogP contribution in [0.2, 0.25) is 0 Å². The van der Waals surface area contributed by atoms with Crippen LogP contribution in [-0.4, -0.2) is 23.6 Å².